The second-order valence-electron chi connectivity index (χ2n) is 4.44. The zero-order chi connectivity index (χ0) is 8.67. The third-order valence-electron chi connectivity index (χ3n) is 3.57. The fourth-order valence-corrected chi connectivity index (χ4v) is 2.82. The summed E-state index contributed by atoms with van der Waals surface area (Å²) in [6.45, 7) is 0. The molecule has 2 aliphatic heterocycles. The Kier molecular flexibility index (Phi) is 1.67. The molecule has 0 spiro atoms. The van der Waals surface area contributed by atoms with Crippen LogP contribution in [0.1, 0.15) is 38.5 Å². The van der Waals surface area contributed by atoms with E-state index in [9.17, 15) is 0 Å². The van der Waals surface area contributed by atoms with Gasteiger partial charge >= 0.3 is 0 Å². The quantitative estimate of drug-likeness (QED) is 0.556. The third kappa shape index (κ3) is 1.19. The molecule has 0 aromatic carbocycles. The minimum absolute atomic E-state index is 0.770. The first-order valence-electron chi connectivity index (χ1n) is 5.51. The molecule has 1 N–H and O–H groups in total. The summed E-state index contributed by atoms with van der Waals surface area (Å²) in [5, 5.41) is 0. The predicted octanol–water partition coefficient (Wildman–Crippen LogP) is 1.62. The normalized spacial score (nSPS) is 42.5. The molecule has 4 rings (SSSR count). The lowest BCUT2D eigenvalue weighted by Gasteiger charge is -2.34. The van der Waals surface area contributed by atoms with Crippen molar-refractivity contribution in [3.8, 4) is 0 Å². The van der Waals surface area contributed by atoms with Gasteiger partial charge in [0.05, 0.1) is 6.04 Å². The van der Waals surface area contributed by atoms with Crippen molar-refractivity contribution in [1.29, 1.82) is 0 Å². The average molecular weight is 177 g/mol. The highest BCUT2D eigenvalue weighted by Crippen LogP contribution is 2.26. The van der Waals surface area contributed by atoms with Crippen LogP contribution in [0, 0.1) is 0 Å². The monoisotopic (exact) mass is 177 g/mol. The lowest BCUT2D eigenvalue weighted by Crippen LogP contribution is -2.55. The molecule has 2 heterocycles. The molecule has 0 amide bonds. The molecule has 2 heteroatoms. The van der Waals surface area contributed by atoms with E-state index in [2.05, 4.69) is 22.3 Å². The van der Waals surface area contributed by atoms with Crippen LogP contribution >= 0.6 is 0 Å². The Balaban J connectivity index is 1.91. The van der Waals surface area contributed by atoms with Crippen molar-refractivity contribution < 1.29 is 4.68 Å². The lowest BCUT2D eigenvalue weighted by molar-refractivity contribution is -0.649. The molecule has 13 heavy (non-hydrogen) atoms. The highest BCUT2D eigenvalue weighted by atomic mass is 15.5. The van der Waals surface area contributed by atoms with E-state index in [1.807, 2.05) is 0 Å². The Morgan fingerprint density at radius 1 is 1.23 bits per heavy atom. The maximum absolute atomic E-state index is 3.64. The number of fused-ring (bicyclic) bond motifs is 3. The second-order valence-corrected chi connectivity index (χ2v) is 4.44. The van der Waals surface area contributed by atoms with Gasteiger partial charge in [-0.15, -0.1) is 4.68 Å². The Bertz CT molecular complexity index is 270. The number of hydrazone groups is 1. The van der Waals surface area contributed by atoms with E-state index in [0.717, 1.165) is 12.1 Å². The van der Waals surface area contributed by atoms with Crippen molar-refractivity contribution in [2.75, 3.05) is 0 Å². The van der Waals surface area contributed by atoms with Gasteiger partial charge in [0, 0.05) is 25.3 Å². The number of nitrogens with one attached hydrogen (secondary N) is 1. The molecule has 0 unspecified atom stereocenters. The van der Waals surface area contributed by atoms with Gasteiger partial charge in [-0.1, -0.05) is 6.08 Å². The molecule has 2 aliphatic carbocycles. The average Bonchev–Trinajstić information content (AvgIpc) is 2.72. The topological polar surface area (TPSA) is 15.0 Å². The van der Waals surface area contributed by atoms with E-state index in [1.54, 1.807) is 0 Å². The van der Waals surface area contributed by atoms with Gasteiger partial charge in [-0.05, 0) is 19.3 Å². The van der Waals surface area contributed by atoms with Gasteiger partial charge in [0.1, 0.15) is 0 Å². The standard InChI is InChI=1S/C11H17N2/c1-2-4-10(3-1)13-11-7-5-9(12-13)6-8-11/h1,3,9,11-12H,2,4-8H2/q+1/b13-10+. The molecule has 2 nitrogen and oxygen atoms in total. The van der Waals surface area contributed by atoms with E-state index in [0.29, 0.717) is 0 Å². The van der Waals surface area contributed by atoms with Crippen molar-refractivity contribution in [3.05, 3.63) is 12.2 Å². The van der Waals surface area contributed by atoms with Gasteiger partial charge in [-0.3, -0.25) is 0 Å². The molecular weight excluding hydrogens is 160 g/mol. The first kappa shape index (κ1) is 7.60. The van der Waals surface area contributed by atoms with Crippen molar-refractivity contribution in [1.82, 2.24) is 5.43 Å². The van der Waals surface area contributed by atoms with Crippen LogP contribution in [0.2, 0.25) is 0 Å². The summed E-state index contributed by atoms with van der Waals surface area (Å²) in [5.74, 6) is 0. The minimum Gasteiger partial charge on any atom is -0.195 e. The molecule has 4 aliphatic rings. The summed E-state index contributed by atoms with van der Waals surface area (Å²) in [4.78, 5) is 0. The zero-order valence-electron chi connectivity index (χ0n) is 8.00. The summed E-state index contributed by atoms with van der Waals surface area (Å²) < 4.78 is 2.46. The number of allylic oxidation sites excluding steroid dienone is 2. The maximum Gasteiger partial charge on any atom is 0.205 e. The fraction of sp³-hybridized carbons (Fsp3) is 0.727. The SMILES string of the molecule is C1=C/C(=[N+]2\NC3CCC2CC3)CC1. The number of hydrazine groups is 1. The van der Waals surface area contributed by atoms with Gasteiger partial charge in [0.15, 0.2) is 6.04 Å². The van der Waals surface area contributed by atoms with Crippen LogP contribution in [0.25, 0.3) is 0 Å². The van der Waals surface area contributed by atoms with Gasteiger partial charge in [0.25, 0.3) is 0 Å². The summed E-state index contributed by atoms with van der Waals surface area (Å²) in [5.41, 5.74) is 5.16. The van der Waals surface area contributed by atoms with Gasteiger partial charge in [0.2, 0.25) is 5.71 Å². The summed E-state index contributed by atoms with van der Waals surface area (Å²) in [6, 6.07) is 1.56. The molecule has 0 aromatic heterocycles. The summed E-state index contributed by atoms with van der Waals surface area (Å²) >= 11 is 0. The maximum atomic E-state index is 3.64. The van der Waals surface area contributed by atoms with Crippen LogP contribution in [0.15, 0.2) is 12.2 Å². The predicted molar refractivity (Wildman–Crippen MR) is 52.8 cm³/mol. The van der Waals surface area contributed by atoms with E-state index in [1.165, 1.54) is 44.2 Å². The van der Waals surface area contributed by atoms with Gasteiger partial charge < -0.3 is 0 Å². The van der Waals surface area contributed by atoms with Crippen molar-refractivity contribution >= 4 is 5.71 Å². The Morgan fingerprint density at radius 3 is 2.62 bits per heavy atom. The lowest BCUT2D eigenvalue weighted by atomic mass is 9.89. The van der Waals surface area contributed by atoms with Gasteiger partial charge in [-0.2, -0.15) is 5.43 Å². The summed E-state index contributed by atoms with van der Waals surface area (Å²) in [7, 11) is 0. The number of hydrogen-bond donors (Lipinski definition) is 1. The van der Waals surface area contributed by atoms with Crippen LogP contribution in [-0.4, -0.2) is 22.5 Å². The molecule has 2 saturated heterocycles. The largest absolute Gasteiger partial charge is 0.205 e. The van der Waals surface area contributed by atoms with Crippen LogP contribution in [-0.2, 0) is 0 Å². The Labute approximate surface area is 79.3 Å². The van der Waals surface area contributed by atoms with Crippen LogP contribution in [0.3, 0.4) is 0 Å². The minimum atomic E-state index is 0.770. The van der Waals surface area contributed by atoms with E-state index < -0.39 is 0 Å². The first-order valence-corrected chi connectivity index (χ1v) is 5.51. The highest BCUT2D eigenvalue weighted by Gasteiger charge is 2.38. The molecule has 0 radical (unpaired) electrons. The smallest absolute Gasteiger partial charge is 0.195 e. The number of hydrogen-bond acceptors (Lipinski definition) is 1. The van der Waals surface area contributed by atoms with Crippen molar-refractivity contribution in [3.63, 3.8) is 0 Å². The molecule has 3 fully saturated rings. The first-order chi connectivity index (χ1) is 6.43. The zero-order valence-corrected chi connectivity index (χ0v) is 8.00. The molecule has 70 valence electrons. The molecule has 1 saturated carbocycles. The third-order valence-corrected chi connectivity index (χ3v) is 3.57. The Hall–Kier alpha value is -0.790. The molecular formula is C11H17N2+. The van der Waals surface area contributed by atoms with Crippen LogP contribution in [0.5, 0.6) is 0 Å². The number of nitrogens with zero attached hydrogens (tertiary/aromatic N) is 1. The molecule has 0 atom stereocenters. The van der Waals surface area contributed by atoms with E-state index in [-0.39, 0.29) is 0 Å². The number of rotatable bonds is 0. The fourth-order valence-electron chi connectivity index (χ4n) is 2.82. The van der Waals surface area contributed by atoms with Crippen LogP contribution in [0.4, 0.5) is 0 Å². The molecule has 2 bridgehead atoms. The molecule has 0 aromatic rings. The van der Waals surface area contributed by atoms with Crippen molar-refractivity contribution in [2.45, 2.75) is 50.6 Å². The van der Waals surface area contributed by atoms with Crippen LogP contribution < -0.4 is 5.43 Å². The Morgan fingerprint density at radius 2 is 2.08 bits per heavy atom. The van der Waals surface area contributed by atoms with Crippen molar-refractivity contribution in [2.24, 2.45) is 0 Å². The van der Waals surface area contributed by atoms with Gasteiger partial charge in [-0.25, -0.2) is 0 Å². The van der Waals surface area contributed by atoms with E-state index in [4.69, 9.17) is 0 Å². The second kappa shape index (κ2) is 2.86. The summed E-state index contributed by atoms with van der Waals surface area (Å²) in [6.07, 6.45) is 12.6. The highest BCUT2D eigenvalue weighted by molar-refractivity contribution is 5.92. The van der Waals surface area contributed by atoms with E-state index >= 15 is 0 Å².